The molecule has 1 aliphatic rings. The predicted molar refractivity (Wildman–Crippen MR) is 102 cm³/mol. The summed E-state index contributed by atoms with van der Waals surface area (Å²) in [6, 6.07) is 11.5. The number of halogens is 1. The number of carbonyl (C=O) groups is 2. The normalized spacial score (nSPS) is 16.7. The molecule has 0 radical (unpaired) electrons. The molecule has 2 amide bonds. The van der Waals surface area contributed by atoms with E-state index in [0.717, 1.165) is 24.1 Å². The Labute approximate surface area is 158 Å². The molecule has 140 valence electrons. The first kappa shape index (κ1) is 19.9. The van der Waals surface area contributed by atoms with Gasteiger partial charge in [-0.15, -0.1) is 12.4 Å². The van der Waals surface area contributed by atoms with Crippen LogP contribution in [0.1, 0.15) is 23.3 Å². The van der Waals surface area contributed by atoms with Gasteiger partial charge in [-0.2, -0.15) is 5.10 Å². The van der Waals surface area contributed by atoms with Crippen LogP contribution in [0.3, 0.4) is 0 Å². The number of hydrogen-bond donors (Lipinski definition) is 3. The summed E-state index contributed by atoms with van der Waals surface area (Å²) < 4.78 is 0. The molecule has 0 saturated carbocycles. The number of H-pyrrole nitrogens is 1. The zero-order valence-electron chi connectivity index (χ0n) is 14.5. The quantitative estimate of drug-likeness (QED) is 0.733. The van der Waals surface area contributed by atoms with Crippen LogP contribution in [-0.2, 0) is 4.79 Å². The van der Waals surface area contributed by atoms with Crippen molar-refractivity contribution in [1.29, 1.82) is 0 Å². The molecule has 1 unspecified atom stereocenters. The summed E-state index contributed by atoms with van der Waals surface area (Å²) in [5, 5.41) is 9.86. The lowest BCUT2D eigenvalue weighted by Gasteiger charge is -2.31. The lowest BCUT2D eigenvalue weighted by atomic mass is 9.97. The third kappa shape index (κ3) is 4.62. The van der Waals surface area contributed by atoms with E-state index in [2.05, 4.69) is 15.5 Å². The molecule has 1 aromatic heterocycles. The highest BCUT2D eigenvalue weighted by Gasteiger charge is 2.29. The molecule has 7 nitrogen and oxygen atoms in total. The third-order valence-corrected chi connectivity index (χ3v) is 4.40. The van der Waals surface area contributed by atoms with E-state index in [0.29, 0.717) is 31.9 Å². The molecule has 0 aliphatic carbocycles. The first-order valence-corrected chi connectivity index (χ1v) is 8.57. The Morgan fingerprint density at radius 3 is 2.81 bits per heavy atom. The molecule has 4 N–H and O–H groups in total. The molecule has 1 aliphatic heterocycles. The van der Waals surface area contributed by atoms with Gasteiger partial charge in [0.2, 0.25) is 5.91 Å². The molecule has 1 saturated heterocycles. The molecular formula is C18H24ClN5O2. The minimum atomic E-state index is -0.180. The van der Waals surface area contributed by atoms with Crippen LogP contribution in [0.25, 0.3) is 11.3 Å². The molecule has 8 heteroatoms. The number of aromatic nitrogens is 2. The number of nitrogens with one attached hydrogen (secondary N) is 2. The van der Waals surface area contributed by atoms with Gasteiger partial charge in [-0.1, -0.05) is 30.3 Å². The average Bonchev–Trinajstić information content (AvgIpc) is 3.16. The van der Waals surface area contributed by atoms with Crippen molar-refractivity contribution in [3.05, 3.63) is 42.1 Å². The smallest absolute Gasteiger partial charge is 0.271 e. The van der Waals surface area contributed by atoms with E-state index in [1.165, 1.54) is 0 Å². The second-order valence-corrected chi connectivity index (χ2v) is 6.20. The van der Waals surface area contributed by atoms with Gasteiger partial charge in [-0.3, -0.25) is 14.7 Å². The number of nitrogens with zero attached hydrogens (tertiary/aromatic N) is 2. The zero-order valence-corrected chi connectivity index (χ0v) is 15.3. The Kier molecular flexibility index (Phi) is 7.17. The number of carbonyl (C=O) groups excluding carboxylic acids is 2. The fourth-order valence-corrected chi connectivity index (χ4v) is 3.07. The van der Waals surface area contributed by atoms with E-state index in [-0.39, 0.29) is 30.1 Å². The Balaban J connectivity index is 0.00000243. The van der Waals surface area contributed by atoms with E-state index in [1.54, 1.807) is 11.0 Å². The number of benzene rings is 1. The molecule has 26 heavy (non-hydrogen) atoms. The summed E-state index contributed by atoms with van der Waals surface area (Å²) in [5.74, 6) is -0.329. The molecule has 0 bridgehead atoms. The van der Waals surface area contributed by atoms with Crippen molar-refractivity contribution in [3.63, 3.8) is 0 Å². The molecule has 2 heterocycles. The molecule has 1 atom stereocenters. The van der Waals surface area contributed by atoms with Crippen LogP contribution < -0.4 is 11.1 Å². The standard InChI is InChI=1S/C18H23N5O2.ClH/c19-8-9-20-17(24)14-7-4-10-23(12-14)18(25)16-11-15(21-22-16)13-5-2-1-3-6-13;/h1-3,5-6,11,14H,4,7-10,12,19H2,(H,20,24)(H,21,22);1H. The molecule has 3 rings (SSSR count). The highest BCUT2D eigenvalue weighted by atomic mass is 35.5. The molecule has 1 fully saturated rings. The van der Waals surface area contributed by atoms with Crippen molar-refractivity contribution in [2.45, 2.75) is 12.8 Å². The zero-order chi connectivity index (χ0) is 17.6. The van der Waals surface area contributed by atoms with Gasteiger partial charge >= 0.3 is 0 Å². The van der Waals surface area contributed by atoms with Crippen LogP contribution in [0.5, 0.6) is 0 Å². The maximum Gasteiger partial charge on any atom is 0.271 e. The maximum absolute atomic E-state index is 12.7. The van der Waals surface area contributed by atoms with Crippen molar-refractivity contribution in [2.24, 2.45) is 11.7 Å². The molecular weight excluding hydrogens is 354 g/mol. The van der Waals surface area contributed by atoms with Gasteiger partial charge in [0.15, 0.2) is 0 Å². The predicted octanol–water partition coefficient (Wildman–Crippen LogP) is 1.43. The van der Waals surface area contributed by atoms with Crippen LogP contribution in [0.15, 0.2) is 36.4 Å². The lowest BCUT2D eigenvalue weighted by molar-refractivity contribution is -0.126. The minimum Gasteiger partial charge on any atom is -0.355 e. The van der Waals surface area contributed by atoms with E-state index in [9.17, 15) is 9.59 Å². The number of likely N-dealkylation sites (tertiary alicyclic amines) is 1. The topological polar surface area (TPSA) is 104 Å². The van der Waals surface area contributed by atoms with Crippen LogP contribution in [0, 0.1) is 5.92 Å². The summed E-state index contributed by atoms with van der Waals surface area (Å²) in [6.07, 6.45) is 1.60. The van der Waals surface area contributed by atoms with E-state index < -0.39 is 0 Å². The Morgan fingerprint density at radius 2 is 2.08 bits per heavy atom. The number of rotatable bonds is 5. The van der Waals surface area contributed by atoms with E-state index >= 15 is 0 Å². The first-order valence-electron chi connectivity index (χ1n) is 8.57. The fraction of sp³-hybridized carbons (Fsp3) is 0.389. The highest BCUT2D eigenvalue weighted by Crippen LogP contribution is 2.21. The lowest BCUT2D eigenvalue weighted by Crippen LogP contribution is -2.46. The second-order valence-electron chi connectivity index (χ2n) is 6.20. The van der Waals surface area contributed by atoms with Gasteiger partial charge in [-0.05, 0) is 18.9 Å². The summed E-state index contributed by atoms with van der Waals surface area (Å²) in [4.78, 5) is 26.6. The molecule has 2 aromatic rings. The van der Waals surface area contributed by atoms with Crippen LogP contribution in [-0.4, -0.2) is 53.1 Å². The van der Waals surface area contributed by atoms with Crippen molar-refractivity contribution >= 4 is 24.2 Å². The largest absolute Gasteiger partial charge is 0.355 e. The Bertz CT molecular complexity index is 734. The van der Waals surface area contributed by atoms with E-state index in [1.807, 2.05) is 30.3 Å². The Hall–Kier alpha value is -2.38. The monoisotopic (exact) mass is 377 g/mol. The van der Waals surface area contributed by atoms with Gasteiger partial charge in [-0.25, -0.2) is 0 Å². The van der Waals surface area contributed by atoms with E-state index in [4.69, 9.17) is 5.73 Å². The minimum absolute atomic E-state index is 0. The summed E-state index contributed by atoms with van der Waals surface area (Å²) in [5.41, 5.74) is 7.55. The maximum atomic E-state index is 12.7. The third-order valence-electron chi connectivity index (χ3n) is 4.40. The van der Waals surface area contributed by atoms with Crippen molar-refractivity contribution in [3.8, 4) is 11.3 Å². The number of piperidine rings is 1. The first-order chi connectivity index (χ1) is 12.2. The van der Waals surface area contributed by atoms with Gasteiger partial charge < -0.3 is 16.0 Å². The average molecular weight is 378 g/mol. The summed E-state index contributed by atoms with van der Waals surface area (Å²) in [6.45, 7) is 1.95. The number of amides is 2. The summed E-state index contributed by atoms with van der Waals surface area (Å²) in [7, 11) is 0. The van der Waals surface area contributed by atoms with Gasteiger partial charge in [0.1, 0.15) is 5.69 Å². The molecule has 1 aromatic carbocycles. The van der Waals surface area contributed by atoms with Gasteiger partial charge in [0.25, 0.3) is 5.91 Å². The fourth-order valence-electron chi connectivity index (χ4n) is 3.07. The number of hydrogen-bond acceptors (Lipinski definition) is 4. The van der Waals surface area contributed by atoms with Crippen LogP contribution in [0.2, 0.25) is 0 Å². The SMILES string of the molecule is Cl.NCCNC(=O)C1CCCN(C(=O)c2cc(-c3ccccc3)n[nH]2)C1. The number of nitrogens with two attached hydrogens (primary N) is 1. The molecule has 0 spiro atoms. The van der Waals surface area contributed by atoms with Gasteiger partial charge in [0.05, 0.1) is 11.6 Å². The van der Waals surface area contributed by atoms with Crippen molar-refractivity contribution in [1.82, 2.24) is 20.4 Å². The van der Waals surface area contributed by atoms with Crippen LogP contribution in [0.4, 0.5) is 0 Å². The van der Waals surface area contributed by atoms with Crippen LogP contribution >= 0.6 is 12.4 Å². The van der Waals surface area contributed by atoms with Gasteiger partial charge in [0, 0.05) is 31.7 Å². The second kappa shape index (κ2) is 9.35. The Morgan fingerprint density at radius 1 is 1.31 bits per heavy atom. The highest BCUT2D eigenvalue weighted by molar-refractivity contribution is 5.94. The number of aromatic amines is 1. The van der Waals surface area contributed by atoms with Crippen molar-refractivity contribution < 1.29 is 9.59 Å². The van der Waals surface area contributed by atoms with Crippen molar-refractivity contribution in [2.75, 3.05) is 26.2 Å². The summed E-state index contributed by atoms with van der Waals surface area (Å²) >= 11 is 0.